The van der Waals surface area contributed by atoms with E-state index in [1.807, 2.05) is 0 Å². The molecule has 25 heavy (non-hydrogen) atoms. The van der Waals surface area contributed by atoms with Crippen molar-refractivity contribution in [2.24, 2.45) is 0 Å². The van der Waals surface area contributed by atoms with E-state index in [4.69, 9.17) is 14.2 Å². The summed E-state index contributed by atoms with van der Waals surface area (Å²) in [4.78, 5) is 12.4. The van der Waals surface area contributed by atoms with Crippen LogP contribution in [0.3, 0.4) is 0 Å². The van der Waals surface area contributed by atoms with Crippen LogP contribution in [0.2, 0.25) is 0 Å². The van der Waals surface area contributed by atoms with Crippen molar-refractivity contribution in [2.75, 3.05) is 26.6 Å². The lowest BCUT2D eigenvalue weighted by Crippen LogP contribution is -2.12. The van der Waals surface area contributed by atoms with Gasteiger partial charge >= 0.3 is 6.61 Å². The molecule has 0 heterocycles. The Bertz CT molecular complexity index is 730. The van der Waals surface area contributed by atoms with Crippen molar-refractivity contribution in [2.45, 2.75) is 6.61 Å². The zero-order valence-corrected chi connectivity index (χ0v) is 13.8. The van der Waals surface area contributed by atoms with Crippen LogP contribution in [-0.4, -0.2) is 33.8 Å². The van der Waals surface area contributed by atoms with Crippen LogP contribution in [0.1, 0.15) is 10.4 Å². The molecule has 0 bridgehead atoms. The standard InChI is InChI=1S/C17H17F2NO5/c1-22-12-6-10(7-13(9-12)23-2)16(21)20-11-4-5-14(25-17(18)19)15(8-11)24-3/h4-9,17H,1-3H3,(H,20,21). The predicted octanol–water partition coefficient (Wildman–Crippen LogP) is 3.57. The minimum atomic E-state index is -2.97. The average Bonchev–Trinajstić information content (AvgIpc) is 2.61. The summed E-state index contributed by atoms with van der Waals surface area (Å²) in [6.45, 7) is -2.97. The van der Waals surface area contributed by atoms with Crippen molar-refractivity contribution in [1.29, 1.82) is 0 Å². The quantitative estimate of drug-likeness (QED) is 0.824. The Hall–Kier alpha value is -3.03. The molecule has 0 aliphatic rings. The van der Waals surface area contributed by atoms with Crippen molar-refractivity contribution in [3.05, 3.63) is 42.0 Å². The van der Waals surface area contributed by atoms with Gasteiger partial charge in [-0.1, -0.05) is 0 Å². The molecule has 134 valence electrons. The molecule has 0 atom stereocenters. The van der Waals surface area contributed by atoms with Gasteiger partial charge < -0.3 is 24.3 Å². The lowest BCUT2D eigenvalue weighted by atomic mass is 10.1. The minimum Gasteiger partial charge on any atom is -0.497 e. The van der Waals surface area contributed by atoms with E-state index < -0.39 is 12.5 Å². The van der Waals surface area contributed by atoms with Crippen molar-refractivity contribution in [3.8, 4) is 23.0 Å². The number of hydrogen-bond acceptors (Lipinski definition) is 5. The second-order valence-electron chi connectivity index (χ2n) is 4.80. The number of halogens is 2. The summed E-state index contributed by atoms with van der Waals surface area (Å²) in [7, 11) is 4.26. The Balaban J connectivity index is 2.23. The van der Waals surface area contributed by atoms with Crippen molar-refractivity contribution in [3.63, 3.8) is 0 Å². The Kier molecular flexibility index (Phi) is 5.99. The van der Waals surface area contributed by atoms with E-state index >= 15 is 0 Å². The van der Waals surface area contributed by atoms with Crippen molar-refractivity contribution >= 4 is 11.6 Å². The summed E-state index contributed by atoms with van der Waals surface area (Å²) in [5.74, 6) is 0.437. The van der Waals surface area contributed by atoms with Gasteiger partial charge in [-0.05, 0) is 24.3 Å². The molecule has 0 aliphatic heterocycles. The van der Waals surface area contributed by atoms with E-state index in [9.17, 15) is 13.6 Å². The molecule has 1 amide bonds. The van der Waals surface area contributed by atoms with Gasteiger partial charge in [0.05, 0.1) is 21.3 Å². The average molecular weight is 353 g/mol. The van der Waals surface area contributed by atoms with Gasteiger partial charge in [0.2, 0.25) is 0 Å². The maximum absolute atomic E-state index is 12.4. The molecule has 0 saturated heterocycles. The number of alkyl halides is 2. The summed E-state index contributed by atoms with van der Waals surface area (Å²) >= 11 is 0. The highest BCUT2D eigenvalue weighted by Gasteiger charge is 2.14. The van der Waals surface area contributed by atoms with E-state index in [1.54, 1.807) is 18.2 Å². The van der Waals surface area contributed by atoms with Crippen LogP contribution in [0, 0.1) is 0 Å². The maximum atomic E-state index is 12.4. The van der Waals surface area contributed by atoms with Gasteiger partial charge in [0.1, 0.15) is 11.5 Å². The van der Waals surface area contributed by atoms with Crippen LogP contribution in [0.25, 0.3) is 0 Å². The summed E-state index contributed by atoms with van der Waals surface area (Å²) in [6, 6.07) is 8.82. The second kappa shape index (κ2) is 8.18. The molecule has 0 fully saturated rings. The number of carbonyl (C=O) groups is 1. The van der Waals surface area contributed by atoms with E-state index in [1.165, 1.54) is 39.5 Å². The smallest absolute Gasteiger partial charge is 0.387 e. The van der Waals surface area contributed by atoms with Crippen LogP contribution in [0.15, 0.2) is 36.4 Å². The predicted molar refractivity (Wildman–Crippen MR) is 87.1 cm³/mol. The third-order valence-electron chi connectivity index (χ3n) is 3.25. The number of ether oxygens (including phenoxy) is 4. The number of rotatable bonds is 7. The van der Waals surface area contributed by atoms with Crippen LogP contribution >= 0.6 is 0 Å². The Morgan fingerprint density at radius 3 is 2.08 bits per heavy atom. The van der Waals surface area contributed by atoms with Gasteiger partial charge in [-0.2, -0.15) is 8.78 Å². The van der Waals surface area contributed by atoms with Gasteiger partial charge in [-0.15, -0.1) is 0 Å². The summed E-state index contributed by atoms with van der Waals surface area (Å²) in [5, 5.41) is 2.64. The molecule has 2 rings (SSSR count). The first kappa shape index (κ1) is 18.3. The Morgan fingerprint density at radius 1 is 0.920 bits per heavy atom. The highest BCUT2D eigenvalue weighted by Crippen LogP contribution is 2.32. The van der Waals surface area contributed by atoms with Crippen LogP contribution < -0.4 is 24.3 Å². The van der Waals surface area contributed by atoms with E-state index in [-0.39, 0.29) is 11.5 Å². The van der Waals surface area contributed by atoms with Crippen LogP contribution in [0.5, 0.6) is 23.0 Å². The third kappa shape index (κ3) is 4.72. The fourth-order valence-electron chi connectivity index (χ4n) is 2.08. The maximum Gasteiger partial charge on any atom is 0.387 e. The minimum absolute atomic E-state index is 0.0707. The highest BCUT2D eigenvalue weighted by molar-refractivity contribution is 6.05. The van der Waals surface area contributed by atoms with Gasteiger partial charge in [-0.3, -0.25) is 4.79 Å². The number of carbonyl (C=O) groups excluding carboxylic acids is 1. The SMILES string of the molecule is COc1cc(OC)cc(C(=O)Nc2ccc(OC(F)F)c(OC)c2)c1. The number of hydrogen-bond donors (Lipinski definition) is 1. The second-order valence-corrected chi connectivity index (χ2v) is 4.80. The number of benzene rings is 2. The zero-order valence-electron chi connectivity index (χ0n) is 13.8. The molecule has 2 aromatic rings. The summed E-state index contributed by atoms with van der Waals surface area (Å²) in [6.07, 6.45) is 0. The number of nitrogens with one attached hydrogen (secondary N) is 1. The number of anilines is 1. The fraction of sp³-hybridized carbons (Fsp3) is 0.235. The number of amides is 1. The lowest BCUT2D eigenvalue weighted by Gasteiger charge is -2.13. The number of methoxy groups -OCH3 is 3. The summed E-state index contributed by atoms with van der Waals surface area (Å²) < 4.78 is 44.3. The van der Waals surface area contributed by atoms with Gasteiger partial charge in [-0.25, -0.2) is 0 Å². The van der Waals surface area contributed by atoms with Crippen molar-refractivity contribution in [1.82, 2.24) is 0 Å². The third-order valence-corrected chi connectivity index (χ3v) is 3.25. The molecule has 8 heteroatoms. The van der Waals surface area contributed by atoms with E-state index in [0.717, 1.165) is 0 Å². The van der Waals surface area contributed by atoms with Crippen molar-refractivity contribution < 1.29 is 32.5 Å². The van der Waals surface area contributed by atoms with Crippen LogP contribution in [0.4, 0.5) is 14.5 Å². The molecule has 1 N–H and O–H groups in total. The zero-order chi connectivity index (χ0) is 18.4. The first-order chi connectivity index (χ1) is 12.0. The van der Waals surface area contributed by atoms with Gasteiger partial charge in [0.25, 0.3) is 5.91 Å². The first-order valence-electron chi connectivity index (χ1n) is 7.14. The molecule has 2 aromatic carbocycles. The molecular weight excluding hydrogens is 336 g/mol. The molecule has 0 unspecified atom stereocenters. The molecule has 0 aromatic heterocycles. The summed E-state index contributed by atoms with van der Waals surface area (Å²) in [5.41, 5.74) is 0.660. The van der Waals surface area contributed by atoms with Gasteiger partial charge in [0.15, 0.2) is 11.5 Å². The first-order valence-corrected chi connectivity index (χ1v) is 7.14. The molecule has 0 radical (unpaired) electrons. The molecule has 0 aliphatic carbocycles. The van der Waals surface area contributed by atoms with E-state index in [2.05, 4.69) is 10.1 Å². The largest absolute Gasteiger partial charge is 0.497 e. The lowest BCUT2D eigenvalue weighted by molar-refractivity contribution is -0.0512. The monoisotopic (exact) mass is 353 g/mol. The normalized spacial score (nSPS) is 10.3. The molecule has 6 nitrogen and oxygen atoms in total. The van der Waals surface area contributed by atoms with E-state index in [0.29, 0.717) is 22.7 Å². The Morgan fingerprint density at radius 2 is 1.56 bits per heavy atom. The Labute approximate surface area is 143 Å². The molecular formula is C17H17F2NO5. The van der Waals surface area contributed by atoms with Crippen LogP contribution in [-0.2, 0) is 0 Å². The van der Waals surface area contributed by atoms with Gasteiger partial charge in [0, 0.05) is 23.4 Å². The molecule has 0 saturated carbocycles. The fourth-order valence-corrected chi connectivity index (χ4v) is 2.08. The molecule has 0 spiro atoms. The topological polar surface area (TPSA) is 66.0 Å². The highest BCUT2D eigenvalue weighted by atomic mass is 19.3.